The summed E-state index contributed by atoms with van der Waals surface area (Å²) in [5, 5.41) is 9.95. The van der Waals surface area contributed by atoms with Gasteiger partial charge in [0.15, 0.2) is 0 Å². The molecule has 2 fully saturated rings. The number of ether oxygens (including phenoxy) is 1. The van der Waals surface area contributed by atoms with Gasteiger partial charge >= 0.3 is 0 Å². The zero-order chi connectivity index (χ0) is 21.2. The van der Waals surface area contributed by atoms with Crippen LogP contribution in [0.15, 0.2) is 36.5 Å². The number of rotatable bonds is 11. The number of benzene rings is 1. The van der Waals surface area contributed by atoms with Gasteiger partial charge in [0.05, 0.1) is 13.2 Å². The van der Waals surface area contributed by atoms with E-state index in [1.165, 1.54) is 32.1 Å². The van der Waals surface area contributed by atoms with Crippen molar-refractivity contribution in [3.05, 3.63) is 42.1 Å². The summed E-state index contributed by atoms with van der Waals surface area (Å²) in [6.07, 6.45) is 6.77. The molecule has 1 amide bonds. The van der Waals surface area contributed by atoms with Crippen molar-refractivity contribution in [3.8, 4) is 5.75 Å². The van der Waals surface area contributed by atoms with E-state index < -0.39 is 0 Å². The third-order valence-corrected chi connectivity index (χ3v) is 8.02. The fourth-order valence-corrected chi connectivity index (χ4v) is 6.15. The molecule has 166 valence electrons. The first-order chi connectivity index (χ1) is 14.7. The van der Waals surface area contributed by atoms with Crippen LogP contribution in [0.2, 0.25) is 0 Å². The van der Waals surface area contributed by atoms with Crippen LogP contribution in [0.3, 0.4) is 0 Å². The molecule has 1 saturated heterocycles. The Morgan fingerprint density at radius 3 is 2.73 bits per heavy atom. The largest absolute Gasteiger partial charge is 0.497 e. The molecule has 0 bridgehead atoms. The fourth-order valence-electron chi connectivity index (χ4n) is 3.89. The molecule has 1 saturated carbocycles. The molecule has 1 aromatic rings. The van der Waals surface area contributed by atoms with E-state index in [1.807, 2.05) is 47.8 Å². The van der Waals surface area contributed by atoms with Gasteiger partial charge in [-0.3, -0.25) is 10.1 Å². The standard InChI is InChI=1S/C23H35N3O2S2/c1-17(21-14-30-16-25-21)26-22(15-29-13-19-6-4-3-5-7-19)23(27)24-12-18-8-10-20(28-2)11-9-18/h8-11,19,21-22,25-26H,1,3-7,12-16H2,2H3,(H,24,27). The number of carbonyl (C=O) groups is 1. The van der Waals surface area contributed by atoms with Crippen LogP contribution in [0, 0.1) is 5.92 Å². The molecule has 3 rings (SSSR count). The summed E-state index contributed by atoms with van der Waals surface area (Å²) in [6, 6.07) is 7.77. The Hall–Kier alpha value is -1.31. The minimum atomic E-state index is -0.267. The Kier molecular flexibility index (Phi) is 9.75. The molecule has 30 heavy (non-hydrogen) atoms. The first-order valence-corrected chi connectivity index (χ1v) is 13.2. The van der Waals surface area contributed by atoms with E-state index in [2.05, 4.69) is 22.5 Å². The molecule has 1 aromatic carbocycles. The average molecular weight is 450 g/mol. The summed E-state index contributed by atoms with van der Waals surface area (Å²) in [7, 11) is 1.66. The minimum Gasteiger partial charge on any atom is -0.497 e. The third-order valence-electron chi connectivity index (χ3n) is 5.80. The van der Waals surface area contributed by atoms with Crippen LogP contribution in [0.5, 0.6) is 5.75 Å². The lowest BCUT2D eigenvalue weighted by molar-refractivity contribution is -0.122. The molecular formula is C23H35N3O2S2. The maximum Gasteiger partial charge on any atom is 0.243 e. The number of hydrogen-bond acceptors (Lipinski definition) is 6. The second kappa shape index (κ2) is 12.5. The number of amides is 1. The highest BCUT2D eigenvalue weighted by atomic mass is 32.2. The molecule has 0 aromatic heterocycles. The maximum absolute atomic E-state index is 13.0. The lowest BCUT2D eigenvalue weighted by Gasteiger charge is -2.25. The van der Waals surface area contributed by atoms with Crippen molar-refractivity contribution < 1.29 is 9.53 Å². The SMILES string of the molecule is C=C(NC(CSCC1CCCCC1)C(=O)NCc1ccc(OC)cc1)C1CSCN1. The van der Waals surface area contributed by atoms with E-state index in [1.54, 1.807) is 7.11 Å². The van der Waals surface area contributed by atoms with Gasteiger partial charge in [-0.2, -0.15) is 11.8 Å². The number of nitrogens with one attached hydrogen (secondary N) is 3. The Morgan fingerprint density at radius 2 is 2.07 bits per heavy atom. The zero-order valence-electron chi connectivity index (χ0n) is 18.0. The van der Waals surface area contributed by atoms with Gasteiger partial charge in [-0.15, -0.1) is 11.8 Å². The monoisotopic (exact) mass is 449 g/mol. The predicted molar refractivity (Wildman–Crippen MR) is 129 cm³/mol. The van der Waals surface area contributed by atoms with Gasteiger partial charge in [0.2, 0.25) is 5.91 Å². The molecule has 7 heteroatoms. The molecule has 0 spiro atoms. The van der Waals surface area contributed by atoms with Gasteiger partial charge in [-0.05, 0) is 42.2 Å². The van der Waals surface area contributed by atoms with Crippen LogP contribution in [0.4, 0.5) is 0 Å². The highest BCUT2D eigenvalue weighted by Gasteiger charge is 2.24. The van der Waals surface area contributed by atoms with Crippen molar-refractivity contribution in [1.29, 1.82) is 0 Å². The van der Waals surface area contributed by atoms with E-state index in [4.69, 9.17) is 4.74 Å². The normalized spacial score (nSPS) is 20.5. The number of carbonyl (C=O) groups excluding carboxylic acids is 1. The van der Waals surface area contributed by atoms with Crippen molar-refractivity contribution in [1.82, 2.24) is 16.0 Å². The van der Waals surface area contributed by atoms with Crippen LogP contribution in [-0.4, -0.2) is 48.2 Å². The molecule has 2 aliphatic rings. The maximum atomic E-state index is 13.0. The minimum absolute atomic E-state index is 0.0359. The summed E-state index contributed by atoms with van der Waals surface area (Å²) in [5.74, 6) is 5.52. The molecule has 5 nitrogen and oxygen atoms in total. The molecular weight excluding hydrogens is 414 g/mol. The fraction of sp³-hybridized carbons (Fsp3) is 0.609. The van der Waals surface area contributed by atoms with Gasteiger partial charge in [0.25, 0.3) is 0 Å². The summed E-state index contributed by atoms with van der Waals surface area (Å²) >= 11 is 3.77. The van der Waals surface area contributed by atoms with Crippen molar-refractivity contribution in [2.24, 2.45) is 5.92 Å². The average Bonchev–Trinajstić information content (AvgIpc) is 3.33. The highest BCUT2D eigenvalue weighted by Crippen LogP contribution is 2.27. The van der Waals surface area contributed by atoms with Crippen LogP contribution < -0.4 is 20.7 Å². The summed E-state index contributed by atoms with van der Waals surface area (Å²) in [4.78, 5) is 13.0. The third kappa shape index (κ3) is 7.43. The van der Waals surface area contributed by atoms with Gasteiger partial charge in [0, 0.05) is 29.6 Å². The van der Waals surface area contributed by atoms with Gasteiger partial charge in [-0.25, -0.2) is 0 Å². The first-order valence-electron chi connectivity index (χ1n) is 10.9. The first kappa shape index (κ1) is 23.4. The number of methoxy groups -OCH3 is 1. The van der Waals surface area contributed by atoms with E-state index in [0.29, 0.717) is 6.54 Å². The second-order valence-corrected chi connectivity index (χ2v) is 10.2. The van der Waals surface area contributed by atoms with Gasteiger partial charge < -0.3 is 15.4 Å². The Labute approximate surface area is 189 Å². The van der Waals surface area contributed by atoms with Crippen LogP contribution in [-0.2, 0) is 11.3 Å². The van der Waals surface area contributed by atoms with Crippen molar-refractivity contribution >= 4 is 29.4 Å². The lowest BCUT2D eigenvalue weighted by Crippen LogP contribution is -2.48. The van der Waals surface area contributed by atoms with Crippen molar-refractivity contribution in [2.45, 2.75) is 50.7 Å². The van der Waals surface area contributed by atoms with E-state index in [9.17, 15) is 4.79 Å². The van der Waals surface area contributed by atoms with E-state index in [0.717, 1.165) is 46.1 Å². The van der Waals surface area contributed by atoms with E-state index >= 15 is 0 Å². The molecule has 1 aliphatic heterocycles. The Morgan fingerprint density at radius 1 is 1.30 bits per heavy atom. The van der Waals surface area contributed by atoms with Crippen LogP contribution >= 0.6 is 23.5 Å². The molecule has 2 atom stereocenters. The highest BCUT2D eigenvalue weighted by molar-refractivity contribution is 7.99. The van der Waals surface area contributed by atoms with Gasteiger partial charge in [-0.1, -0.05) is 38.0 Å². The molecule has 0 radical (unpaired) electrons. The van der Waals surface area contributed by atoms with Crippen LogP contribution in [0.25, 0.3) is 0 Å². The molecule has 1 aliphatic carbocycles. The van der Waals surface area contributed by atoms with Gasteiger partial charge in [0.1, 0.15) is 11.8 Å². The molecule has 3 N–H and O–H groups in total. The van der Waals surface area contributed by atoms with Crippen molar-refractivity contribution in [3.63, 3.8) is 0 Å². The van der Waals surface area contributed by atoms with Crippen molar-refractivity contribution in [2.75, 3.05) is 30.2 Å². The van der Waals surface area contributed by atoms with E-state index in [-0.39, 0.29) is 18.0 Å². The topological polar surface area (TPSA) is 62.4 Å². The Bertz CT molecular complexity index is 672. The quantitative estimate of drug-likeness (QED) is 0.478. The summed E-state index contributed by atoms with van der Waals surface area (Å²) in [5.41, 5.74) is 1.98. The summed E-state index contributed by atoms with van der Waals surface area (Å²) in [6.45, 7) is 4.72. The smallest absolute Gasteiger partial charge is 0.243 e. The second-order valence-electron chi connectivity index (χ2n) is 8.10. The number of thioether (sulfide) groups is 2. The zero-order valence-corrected chi connectivity index (χ0v) is 19.6. The molecule has 2 unspecified atom stereocenters. The lowest BCUT2D eigenvalue weighted by atomic mass is 9.91. The number of hydrogen-bond donors (Lipinski definition) is 3. The summed E-state index contributed by atoms with van der Waals surface area (Å²) < 4.78 is 5.20. The Balaban J connectivity index is 1.51. The van der Waals surface area contributed by atoms with Crippen LogP contribution in [0.1, 0.15) is 37.7 Å². The predicted octanol–water partition coefficient (Wildman–Crippen LogP) is 3.76. The molecule has 1 heterocycles.